The van der Waals surface area contributed by atoms with Crippen LogP contribution in [0.5, 0.6) is 0 Å². The van der Waals surface area contributed by atoms with E-state index in [0.717, 1.165) is 37.8 Å². The van der Waals surface area contributed by atoms with Crippen LogP contribution in [0.15, 0.2) is 23.3 Å². The summed E-state index contributed by atoms with van der Waals surface area (Å²) in [5, 5.41) is 0. The highest BCUT2D eigenvalue weighted by molar-refractivity contribution is 5.38. The smallest absolute Gasteiger partial charge is 0.255 e. The van der Waals surface area contributed by atoms with Gasteiger partial charge in [-0.2, -0.15) is 0 Å². The molecule has 0 radical (unpaired) electrons. The highest BCUT2D eigenvalue weighted by Crippen LogP contribution is 2.14. The summed E-state index contributed by atoms with van der Waals surface area (Å²) < 4.78 is 0. The summed E-state index contributed by atoms with van der Waals surface area (Å²) >= 11 is 0. The topological polar surface area (TPSA) is 78.0 Å². The molecule has 0 aromatic carbocycles. The lowest BCUT2D eigenvalue weighted by atomic mass is 10.3. The first-order valence-corrected chi connectivity index (χ1v) is 6.99. The van der Waals surface area contributed by atoms with Crippen LogP contribution in [0.25, 0.3) is 0 Å². The number of H-pyrrole nitrogens is 1. The monoisotopic (exact) mass is 286 g/mol. The van der Waals surface area contributed by atoms with Crippen LogP contribution in [-0.2, 0) is 0 Å². The van der Waals surface area contributed by atoms with Crippen molar-refractivity contribution in [3.8, 4) is 0 Å². The molecular weight excluding hydrogens is 268 g/mol. The number of piperazine rings is 1. The van der Waals surface area contributed by atoms with E-state index in [4.69, 9.17) is 0 Å². The molecule has 3 rings (SSSR count). The third kappa shape index (κ3) is 2.72. The quantitative estimate of drug-likeness (QED) is 0.866. The van der Waals surface area contributed by atoms with E-state index in [1.165, 1.54) is 0 Å². The molecule has 1 aliphatic heterocycles. The van der Waals surface area contributed by atoms with Crippen molar-refractivity contribution in [2.75, 3.05) is 36.0 Å². The maximum absolute atomic E-state index is 11.8. The Morgan fingerprint density at radius 3 is 2.29 bits per heavy atom. The van der Waals surface area contributed by atoms with E-state index < -0.39 is 0 Å². The molecule has 0 aliphatic carbocycles. The minimum Gasteiger partial charge on any atom is -0.339 e. The van der Waals surface area contributed by atoms with Crippen LogP contribution in [-0.4, -0.2) is 46.1 Å². The summed E-state index contributed by atoms with van der Waals surface area (Å²) in [4.78, 5) is 31.9. The third-order valence-electron chi connectivity index (χ3n) is 3.80. The Hall–Kier alpha value is -2.44. The van der Waals surface area contributed by atoms with Crippen molar-refractivity contribution >= 4 is 11.9 Å². The summed E-state index contributed by atoms with van der Waals surface area (Å²) in [6.07, 6.45) is 3.49. The van der Waals surface area contributed by atoms with Gasteiger partial charge in [0.2, 0.25) is 11.9 Å². The van der Waals surface area contributed by atoms with Crippen LogP contribution < -0.4 is 15.4 Å². The first-order valence-electron chi connectivity index (χ1n) is 6.99. The second-order valence-electron chi connectivity index (χ2n) is 5.12. The Morgan fingerprint density at radius 1 is 1.05 bits per heavy atom. The van der Waals surface area contributed by atoms with Gasteiger partial charge in [-0.25, -0.2) is 15.0 Å². The normalized spacial score (nSPS) is 15.3. The molecule has 0 saturated carbocycles. The van der Waals surface area contributed by atoms with Crippen LogP contribution >= 0.6 is 0 Å². The summed E-state index contributed by atoms with van der Waals surface area (Å²) in [7, 11) is 0. The summed E-state index contributed by atoms with van der Waals surface area (Å²) in [5.41, 5.74) is 1.39. The molecule has 21 heavy (non-hydrogen) atoms. The van der Waals surface area contributed by atoms with Crippen LogP contribution in [0.3, 0.4) is 0 Å². The van der Waals surface area contributed by atoms with Gasteiger partial charge in [0.25, 0.3) is 5.56 Å². The maximum atomic E-state index is 11.8. The zero-order chi connectivity index (χ0) is 14.8. The number of aromatic nitrogens is 4. The number of hydrogen-bond acceptors (Lipinski definition) is 6. The summed E-state index contributed by atoms with van der Waals surface area (Å²) in [6, 6.07) is 1.81. The van der Waals surface area contributed by atoms with Gasteiger partial charge in [-0.3, -0.25) is 9.78 Å². The second kappa shape index (κ2) is 5.51. The fraction of sp³-hybridized carbons (Fsp3) is 0.429. The van der Waals surface area contributed by atoms with Crippen molar-refractivity contribution < 1.29 is 0 Å². The Bertz CT molecular complexity index is 676. The molecule has 1 fully saturated rings. The molecule has 0 atom stereocenters. The Morgan fingerprint density at radius 2 is 1.67 bits per heavy atom. The Kier molecular flexibility index (Phi) is 3.55. The maximum Gasteiger partial charge on any atom is 0.255 e. The predicted molar refractivity (Wildman–Crippen MR) is 80.8 cm³/mol. The van der Waals surface area contributed by atoms with E-state index >= 15 is 0 Å². The highest BCUT2D eigenvalue weighted by Gasteiger charge is 2.20. The standard InChI is InChI=1S/C14H18N6O/c1-10-11(2)17-14(18-12(10)21)20-8-6-19(7-9-20)13-15-4-3-5-16-13/h3-5H,6-9H2,1-2H3,(H,17,18,21). The number of hydrogen-bond donors (Lipinski definition) is 1. The average Bonchev–Trinajstić information content (AvgIpc) is 2.53. The van der Waals surface area contributed by atoms with Gasteiger partial charge < -0.3 is 9.80 Å². The fourth-order valence-electron chi connectivity index (χ4n) is 2.35. The third-order valence-corrected chi connectivity index (χ3v) is 3.80. The molecule has 3 heterocycles. The molecule has 110 valence electrons. The number of anilines is 2. The van der Waals surface area contributed by atoms with Crippen LogP contribution in [0.2, 0.25) is 0 Å². The van der Waals surface area contributed by atoms with Gasteiger partial charge in [-0.1, -0.05) is 0 Å². The molecule has 7 nitrogen and oxygen atoms in total. The van der Waals surface area contributed by atoms with Gasteiger partial charge in [-0.15, -0.1) is 0 Å². The molecule has 7 heteroatoms. The van der Waals surface area contributed by atoms with Gasteiger partial charge in [0, 0.05) is 49.8 Å². The molecule has 1 aliphatic rings. The number of aromatic amines is 1. The molecule has 2 aromatic heterocycles. The van der Waals surface area contributed by atoms with Crippen molar-refractivity contribution in [1.82, 2.24) is 19.9 Å². The minimum atomic E-state index is -0.0636. The Labute approximate surface area is 122 Å². The average molecular weight is 286 g/mol. The lowest BCUT2D eigenvalue weighted by Gasteiger charge is -2.35. The summed E-state index contributed by atoms with van der Waals surface area (Å²) in [6.45, 7) is 6.83. The molecular formula is C14H18N6O. The SMILES string of the molecule is Cc1nc(N2CCN(c3ncccn3)CC2)[nH]c(=O)c1C. The zero-order valence-corrected chi connectivity index (χ0v) is 12.2. The Balaban J connectivity index is 1.73. The van der Waals surface area contributed by atoms with Crippen molar-refractivity contribution in [2.45, 2.75) is 13.8 Å². The lowest BCUT2D eigenvalue weighted by molar-refractivity contribution is 0.625. The van der Waals surface area contributed by atoms with Crippen LogP contribution in [0.4, 0.5) is 11.9 Å². The molecule has 0 spiro atoms. The largest absolute Gasteiger partial charge is 0.339 e. The lowest BCUT2D eigenvalue weighted by Crippen LogP contribution is -2.48. The summed E-state index contributed by atoms with van der Waals surface area (Å²) in [5.74, 6) is 1.40. The highest BCUT2D eigenvalue weighted by atomic mass is 16.1. The second-order valence-corrected chi connectivity index (χ2v) is 5.12. The number of rotatable bonds is 2. The fourth-order valence-corrected chi connectivity index (χ4v) is 2.35. The molecule has 0 bridgehead atoms. The molecule has 2 aromatic rings. The number of nitrogens with zero attached hydrogens (tertiary/aromatic N) is 5. The van der Waals surface area contributed by atoms with Gasteiger partial charge in [-0.05, 0) is 19.9 Å². The van der Waals surface area contributed by atoms with Gasteiger partial charge in [0.1, 0.15) is 0 Å². The number of aryl methyl sites for hydroxylation is 1. The van der Waals surface area contributed by atoms with E-state index in [2.05, 4.69) is 29.7 Å². The predicted octanol–water partition coefficient (Wildman–Crippen LogP) is 0.503. The van der Waals surface area contributed by atoms with Crippen molar-refractivity contribution in [3.63, 3.8) is 0 Å². The van der Waals surface area contributed by atoms with E-state index in [0.29, 0.717) is 11.5 Å². The van der Waals surface area contributed by atoms with Crippen molar-refractivity contribution in [3.05, 3.63) is 40.1 Å². The number of nitrogens with one attached hydrogen (secondary N) is 1. The van der Waals surface area contributed by atoms with E-state index in [-0.39, 0.29) is 5.56 Å². The van der Waals surface area contributed by atoms with E-state index in [1.54, 1.807) is 19.3 Å². The zero-order valence-electron chi connectivity index (χ0n) is 12.2. The van der Waals surface area contributed by atoms with Gasteiger partial charge in [0.15, 0.2) is 0 Å². The van der Waals surface area contributed by atoms with Crippen LogP contribution in [0, 0.1) is 13.8 Å². The van der Waals surface area contributed by atoms with Gasteiger partial charge >= 0.3 is 0 Å². The van der Waals surface area contributed by atoms with Gasteiger partial charge in [0.05, 0.1) is 0 Å². The minimum absolute atomic E-state index is 0.0636. The first-order chi connectivity index (χ1) is 10.1. The molecule has 1 N–H and O–H groups in total. The van der Waals surface area contributed by atoms with Crippen molar-refractivity contribution in [1.29, 1.82) is 0 Å². The van der Waals surface area contributed by atoms with E-state index in [9.17, 15) is 4.79 Å². The van der Waals surface area contributed by atoms with E-state index in [1.807, 2.05) is 13.0 Å². The first kappa shape index (κ1) is 13.5. The molecule has 1 saturated heterocycles. The molecule has 0 amide bonds. The molecule has 0 unspecified atom stereocenters. The van der Waals surface area contributed by atoms with Crippen LogP contribution in [0.1, 0.15) is 11.3 Å². The van der Waals surface area contributed by atoms with Crippen molar-refractivity contribution in [2.24, 2.45) is 0 Å².